The summed E-state index contributed by atoms with van der Waals surface area (Å²) in [5.74, 6) is 1.43. The van der Waals surface area contributed by atoms with Crippen molar-refractivity contribution in [2.24, 2.45) is 5.92 Å². The summed E-state index contributed by atoms with van der Waals surface area (Å²) < 4.78 is 0. The Morgan fingerprint density at radius 2 is 2.06 bits per heavy atom. The third-order valence-corrected chi connectivity index (χ3v) is 2.63. The van der Waals surface area contributed by atoms with Gasteiger partial charge < -0.3 is 10.4 Å². The van der Waals surface area contributed by atoms with E-state index in [0.29, 0.717) is 11.6 Å². The Labute approximate surface area is 102 Å². The molecule has 2 rings (SSSR count). The van der Waals surface area contributed by atoms with Gasteiger partial charge in [0.05, 0.1) is 12.3 Å². The molecule has 1 aromatic carbocycles. The van der Waals surface area contributed by atoms with Crippen LogP contribution in [0.4, 0.5) is 5.82 Å². The van der Waals surface area contributed by atoms with Crippen LogP contribution in [0.5, 0.6) is 0 Å². The summed E-state index contributed by atoms with van der Waals surface area (Å²) in [4.78, 5) is 4.43. The zero-order valence-corrected chi connectivity index (χ0v) is 10.3. The molecule has 0 unspecified atom stereocenters. The van der Waals surface area contributed by atoms with Gasteiger partial charge in [-0.3, -0.25) is 0 Å². The lowest BCUT2D eigenvalue weighted by Crippen LogP contribution is -2.10. The van der Waals surface area contributed by atoms with Gasteiger partial charge >= 0.3 is 0 Å². The van der Waals surface area contributed by atoms with Gasteiger partial charge in [0.2, 0.25) is 0 Å². The van der Waals surface area contributed by atoms with Crippen LogP contribution in [0.15, 0.2) is 30.3 Å². The highest BCUT2D eigenvalue weighted by Gasteiger charge is 2.05. The maximum Gasteiger partial charge on any atom is 0.134 e. The van der Waals surface area contributed by atoms with Crippen molar-refractivity contribution in [2.75, 3.05) is 11.9 Å². The van der Waals surface area contributed by atoms with Crippen LogP contribution in [-0.2, 0) is 6.61 Å². The molecule has 17 heavy (non-hydrogen) atoms. The molecule has 0 bridgehead atoms. The molecule has 0 fully saturated rings. The van der Waals surface area contributed by atoms with Crippen LogP contribution in [0.2, 0.25) is 0 Å². The molecule has 2 aromatic rings. The van der Waals surface area contributed by atoms with Crippen molar-refractivity contribution in [3.8, 4) is 0 Å². The quantitative estimate of drug-likeness (QED) is 0.849. The van der Waals surface area contributed by atoms with Crippen LogP contribution in [0, 0.1) is 5.92 Å². The van der Waals surface area contributed by atoms with Crippen LogP contribution in [0.1, 0.15) is 19.5 Å². The lowest BCUT2D eigenvalue weighted by molar-refractivity contribution is 0.277. The first-order valence-electron chi connectivity index (χ1n) is 5.94. The summed E-state index contributed by atoms with van der Waals surface area (Å²) in [6.07, 6.45) is 0. The van der Waals surface area contributed by atoms with Crippen molar-refractivity contribution in [1.82, 2.24) is 4.98 Å². The minimum Gasteiger partial charge on any atom is -0.390 e. The van der Waals surface area contributed by atoms with Gasteiger partial charge in [0.25, 0.3) is 0 Å². The number of hydrogen-bond donors (Lipinski definition) is 2. The number of aromatic nitrogens is 1. The molecule has 3 heteroatoms. The number of pyridine rings is 1. The number of hydrogen-bond acceptors (Lipinski definition) is 3. The molecule has 0 aliphatic rings. The van der Waals surface area contributed by atoms with Crippen LogP contribution in [0.25, 0.3) is 10.8 Å². The van der Waals surface area contributed by atoms with Gasteiger partial charge in [-0.05, 0) is 17.4 Å². The predicted octanol–water partition coefficient (Wildman–Crippen LogP) is 2.80. The lowest BCUT2D eigenvalue weighted by Gasteiger charge is -2.12. The molecule has 0 amide bonds. The normalized spacial score (nSPS) is 11.1. The van der Waals surface area contributed by atoms with Crippen molar-refractivity contribution in [1.29, 1.82) is 0 Å². The van der Waals surface area contributed by atoms with Gasteiger partial charge in [-0.15, -0.1) is 0 Å². The minimum atomic E-state index is -0.0266. The van der Waals surface area contributed by atoms with E-state index < -0.39 is 0 Å². The molecule has 1 heterocycles. The number of anilines is 1. The Kier molecular flexibility index (Phi) is 3.59. The fraction of sp³-hybridized carbons (Fsp3) is 0.357. The van der Waals surface area contributed by atoms with Crippen LogP contribution in [-0.4, -0.2) is 16.6 Å². The molecule has 0 saturated heterocycles. The third kappa shape index (κ3) is 2.74. The number of nitrogens with zero attached hydrogens (tertiary/aromatic N) is 1. The highest BCUT2D eigenvalue weighted by molar-refractivity contribution is 5.92. The highest BCUT2D eigenvalue weighted by atomic mass is 16.3. The summed E-state index contributed by atoms with van der Waals surface area (Å²) in [5, 5.41) is 14.8. The largest absolute Gasteiger partial charge is 0.390 e. The van der Waals surface area contributed by atoms with Crippen LogP contribution in [0.3, 0.4) is 0 Å². The molecule has 3 nitrogen and oxygen atoms in total. The molecule has 0 atom stereocenters. The maximum absolute atomic E-state index is 9.21. The summed E-state index contributed by atoms with van der Waals surface area (Å²) in [6, 6.07) is 10.0. The van der Waals surface area contributed by atoms with Gasteiger partial charge in [-0.1, -0.05) is 38.1 Å². The first-order valence-corrected chi connectivity index (χ1v) is 5.94. The number of nitrogens with one attached hydrogen (secondary N) is 1. The zero-order chi connectivity index (χ0) is 12.3. The Balaban J connectivity index is 2.43. The average molecular weight is 230 g/mol. The number of fused-ring (bicyclic) bond motifs is 1. The van der Waals surface area contributed by atoms with E-state index in [9.17, 15) is 5.11 Å². The van der Waals surface area contributed by atoms with E-state index in [1.165, 1.54) is 0 Å². The van der Waals surface area contributed by atoms with Crippen molar-refractivity contribution < 1.29 is 5.11 Å². The smallest absolute Gasteiger partial charge is 0.134 e. The van der Waals surface area contributed by atoms with E-state index in [1.54, 1.807) is 0 Å². The first-order chi connectivity index (χ1) is 8.20. The van der Waals surface area contributed by atoms with E-state index in [1.807, 2.05) is 30.3 Å². The van der Waals surface area contributed by atoms with Gasteiger partial charge in [-0.2, -0.15) is 0 Å². The fourth-order valence-electron chi connectivity index (χ4n) is 1.77. The number of aliphatic hydroxyl groups excluding tert-OH is 1. The molecular weight excluding hydrogens is 212 g/mol. The molecule has 0 spiro atoms. The van der Waals surface area contributed by atoms with Crippen molar-refractivity contribution in [3.05, 3.63) is 36.0 Å². The Hall–Kier alpha value is -1.61. The summed E-state index contributed by atoms with van der Waals surface area (Å²) in [7, 11) is 0. The number of benzene rings is 1. The van der Waals surface area contributed by atoms with E-state index in [4.69, 9.17) is 0 Å². The minimum absolute atomic E-state index is 0.0266. The summed E-state index contributed by atoms with van der Waals surface area (Å²) in [6.45, 7) is 5.17. The molecule has 0 radical (unpaired) electrons. The van der Waals surface area contributed by atoms with Crippen LogP contribution >= 0.6 is 0 Å². The SMILES string of the molecule is CC(C)CNc1nc(CO)cc2ccccc12. The second-order valence-corrected chi connectivity index (χ2v) is 4.62. The van der Waals surface area contributed by atoms with Crippen molar-refractivity contribution >= 4 is 16.6 Å². The molecule has 0 saturated carbocycles. The maximum atomic E-state index is 9.21. The highest BCUT2D eigenvalue weighted by Crippen LogP contribution is 2.22. The second kappa shape index (κ2) is 5.15. The van der Waals surface area contributed by atoms with Gasteiger partial charge in [-0.25, -0.2) is 4.98 Å². The number of aliphatic hydroxyl groups is 1. The van der Waals surface area contributed by atoms with Crippen LogP contribution < -0.4 is 5.32 Å². The molecule has 0 aliphatic carbocycles. The first kappa shape index (κ1) is 11.9. The molecule has 90 valence electrons. The Bertz CT molecular complexity index is 509. The van der Waals surface area contributed by atoms with E-state index in [0.717, 1.165) is 23.1 Å². The summed E-state index contributed by atoms with van der Waals surface area (Å²) in [5.41, 5.74) is 0.704. The van der Waals surface area contributed by atoms with Crippen molar-refractivity contribution in [3.63, 3.8) is 0 Å². The molecule has 0 aliphatic heterocycles. The molecule has 2 N–H and O–H groups in total. The lowest BCUT2D eigenvalue weighted by atomic mass is 10.1. The van der Waals surface area contributed by atoms with Crippen molar-refractivity contribution in [2.45, 2.75) is 20.5 Å². The predicted molar refractivity (Wildman–Crippen MR) is 71.0 cm³/mol. The van der Waals surface area contributed by atoms with E-state index in [-0.39, 0.29) is 6.61 Å². The topological polar surface area (TPSA) is 45.2 Å². The van der Waals surface area contributed by atoms with Gasteiger partial charge in [0, 0.05) is 11.9 Å². The standard InChI is InChI=1S/C14H18N2O/c1-10(2)8-15-14-13-6-4-3-5-11(13)7-12(9-17)16-14/h3-7,10,17H,8-9H2,1-2H3,(H,15,16). The molecular formula is C14H18N2O. The Morgan fingerprint density at radius 1 is 1.29 bits per heavy atom. The third-order valence-electron chi connectivity index (χ3n) is 2.63. The zero-order valence-electron chi connectivity index (χ0n) is 10.3. The summed E-state index contributed by atoms with van der Waals surface area (Å²) >= 11 is 0. The van der Waals surface area contributed by atoms with E-state index in [2.05, 4.69) is 24.1 Å². The fourth-order valence-corrected chi connectivity index (χ4v) is 1.77. The number of rotatable bonds is 4. The van der Waals surface area contributed by atoms with E-state index >= 15 is 0 Å². The van der Waals surface area contributed by atoms with Gasteiger partial charge in [0.15, 0.2) is 0 Å². The van der Waals surface area contributed by atoms with Gasteiger partial charge in [0.1, 0.15) is 5.82 Å². The molecule has 1 aromatic heterocycles. The Morgan fingerprint density at radius 3 is 2.76 bits per heavy atom. The second-order valence-electron chi connectivity index (χ2n) is 4.62. The monoisotopic (exact) mass is 230 g/mol. The average Bonchev–Trinajstić information content (AvgIpc) is 2.35.